The van der Waals surface area contributed by atoms with Crippen LogP contribution in [0, 0.1) is 0 Å². The summed E-state index contributed by atoms with van der Waals surface area (Å²) in [5, 5.41) is 0. The van der Waals surface area contributed by atoms with E-state index >= 15 is 0 Å². The van der Waals surface area contributed by atoms with Gasteiger partial charge in [0.25, 0.3) is 0 Å². The maximum absolute atomic E-state index is 11.2. The van der Waals surface area contributed by atoms with E-state index in [-0.39, 0.29) is 5.69 Å². The van der Waals surface area contributed by atoms with Crippen molar-refractivity contribution in [3.05, 3.63) is 48.0 Å². The maximum atomic E-state index is 11.2. The average molecular weight is 375 g/mol. The van der Waals surface area contributed by atoms with Crippen molar-refractivity contribution in [3.63, 3.8) is 0 Å². The Kier molecular flexibility index (Phi) is 7.62. The second-order valence-electron chi connectivity index (χ2n) is 5.48. The van der Waals surface area contributed by atoms with Crippen molar-refractivity contribution in [2.45, 2.75) is 26.7 Å². The summed E-state index contributed by atoms with van der Waals surface area (Å²) in [5.74, 6) is 0.995. The lowest BCUT2D eigenvalue weighted by Crippen LogP contribution is -2.19. The van der Waals surface area contributed by atoms with Crippen LogP contribution in [0.1, 0.15) is 37.0 Å². The molecule has 0 bridgehead atoms. The van der Waals surface area contributed by atoms with Gasteiger partial charge < -0.3 is 18.9 Å². The lowest BCUT2D eigenvalue weighted by atomic mass is 10.1. The molecule has 2 aromatic carbocycles. The van der Waals surface area contributed by atoms with Gasteiger partial charge in [-0.15, -0.1) is 0 Å². The fraction of sp³-hybridized carbons (Fsp3) is 0.316. The molecule has 3 rings (SSSR count). The van der Waals surface area contributed by atoms with Crippen LogP contribution in [-0.4, -0.2) is 28.1 Å². The molecule has 0 spiro atoms. The molecular weight excluding hydrogens is 352 g/mol. The van der Waals surface area contributed by atoms with E-state index in [1.54, 1.807) is 18.2 Å². The van der Waals surface area contributed by atoms with Crippen LogP contribution in [0.5, 0.6) is 11.5 Å². The summed E-state index contributed by atoms with van der Waals surface area (Å²) in [6, 6.07) is 12.3. The van der Waals surface area contributed by atoms with Crippen LogP contribution in [-0.2, 0) is 11.3 Å². The Morgan fingerprint density at radius 1 is 1.15 bits per heavy atom. The summed E-state index contributed by atoms with van der Waals surface area (Å²) < 4.78 is 30.6. The van der Waals surface area contributed by atoms with Crippen LogP contribution in [0.4, 0.5) is 11.4 Å². The highest BCUT2D eigenvalue weighted by Gasteiger charge is 2.21. The molecule has 1 aliphatic rings. The molecule has 26 heavy (non-hydrogen) atoms. The molecule has 2 aromatic rings. The van der Waals surface area contributed by atoms with Crippen LogP contribution >= 0.6 is 0 Å². The van der Waals surface area contributed by atoms with Gasteiger partial charge in [0.05, 0.1) is 11.4 Å². The summed E-state index contributed by atoms with van der Waals surface area (Å²) >= 11 is -2.52. The molecule has 1 atom stereocenters. The summed E-state index contributed by atoms with van der Waals surface area (Å²) in [6.07, 6.45) is 2.80. The van der Waals surface area contributed by atoms with Gasteiger partial charge in [-0.05, 0) is 37.1 Å². The van der Waals surface area contributed by atoms with Crippen LogP contribution in [0.15, 0.2) is 42.5 Å². The Hall–Kier alpha value is -2.38. The minimum absolute atomic E-state index is 0.249. The van der Waals surface area contributed by atoms with Crippen LogP contribution < -0.4 is 14.4 Å². The SMILES string of the molecule is CC.O=Cc1cc(NS(=O)[O-])c(Oc2ccccc2)c(N2CCCC2)c1. The van der Waals surface area contributed by atoms with Crippen LogP contribution in [0.3, 0.4) is 0 Å². The predicted octanol–water partition coefficient (Wildman–Crippen LogP) is 4.12. The lowest BCUT2D eigenvalue weighted by Gasteiger charge is -2.24. The van der Waals surface area contributed by atoms with Gasteiger partial charge in [-0.2, -0.15) is 0 Å². The number of aldehydes is 1. The Morgan fingerprint density at radius 3 is 2.38 bits per heavy atom. The zero-order chi connectivity index (χ0) is 18.9. The van der Waals surface area contributed by atoms with Gasteiger partial charge in [0.15, 0.2) is 5.75 Å². The predicted molar refractivity (Wildman–Crippen MR) is 104 cm³/mol. The first-order chi connectivity index (χ1) is 12.7. The quantitative estimate of drug-likeness (QED) is 0.606. The normalized spacial score (nSPS) is 14.2. The van der Waals surface area contributed by atoms with Crippen molar-refractivity contribution >= 4 is 28.9 Å². The van der Waals surface area contributed by atoms with Gasteiger partial charge in [-0.3, -0.25) is 9.00 Å². The molecule has 1 heterocycles. The molecule has 0 aromatic heterocycles. The molecule has 140 valence electrons. The molecule has 1 aliphatic heterocycles. The van der Waals surface area contributed by atoms with Gasteiger partial charge in [0.1, 0.15) is 12.0 Å². The number of hydrogen-bond donors (Lipinski definition) is 1. The number of carbonyl (C=O) groups is 1. The van der Waals surface area contributed by atoms with Gasteiger partial charge in [-0.1, -0.05) is 32.0 Å². The molecule has 0 amide bonds. The molecule has 0 saturated carbocycles. The monoisotopic (exact) mass is 375 g/mol. The van der Waals surface area contributed by atoms with E-state index in [4.69, 9.17) is 4.74 Å². The molecular formula is C19H23N2O4S-. The fourth-order valence-electron chi connectivity index (χ4n) is 2.78. The maximum Gasteiger partial charge on any atom is 0.174 e. The van der Waals surface area contributed by atoms with Gasteiger partial charge in [0, 0.05) is 29.9 Å². The summed E-state index contributed by atoms with van der Waals surface area (Å²) in [4.78, 5) is 13.3. The van der Waals surface area contributed by atoms with E-state index in [9.17, 15) is 13.6 Å². The Bertz CT molecular complexity index is 747. The Labute approximate surface area is 156 Å². The third-order valence-corrected chi connectivity index (χ3v) is 4.22. The zero-order valence-corrected chi connectivity index (χ0v) is 15.8. The molecule has 0 radical (unpaired) electrons. The molecule has 1 N–H and O–H groups in total. The highest BCUT2D eigenvalue weighted by Crippen LogP contribution is 2.41. The Morgan fingerprint density at radius 2 is 1.81 bits per heavy atom. The second-order valence-corrected chi connectivity index (χ2v) is 6.15. The van der Waals surface area contributed by atoms with E-state index < -0.39 is 11.3 Å². The first-order valence-electron chi connectivity index (χ1n) is 8.64. The summed E-state index contributed by atoms with van der Waals surface area (Å²) in [5.41, 5.74) is 1.36. The van der Waals surface area contributed by atoms with Crippen molar-refractivity contribution in [1.29, 1.82) is 0 Å². The van der Waals surface area contributed by atoms with Gasteiger partial charge in [-0.25, -0.2) is 0 Å². The number of carbonyl (C=O) groups excluding carboxylic acids is 1. The highest BCUT2D eigenvalue weighted by atomic mass is 32.2. The first-order valence-corrected chi connectivity index (χ1v) is 9.72. The van der Waals surface area contributed by atoms with Crippen molar-refractivity contribution in [2.24, 2.45) is 0 Å². The topological polar surface area (TPSA) is 81.7 Å². The van der Waals surface area contributed by atoms with Crippen LogP contribution in [0.2, 0.25) is 0 Å². The van der Waals surface area contributed by atoms with Crippen molar-refractivity contribution in [2.75, 3.05) is 22.7 Å². The lowest BCUT2D eigenvalue weighted by molar-refractivity contribution is 0.112. The number of benzene rings is 2. The van der Waals surface area contributed by atoms with Crippen molar-refractivity contribution < 1.29 is 18.3 Å². The molecule has 1 unspecified atom stereocenters. The van der Waals surface area contributed by atoms with Crippen LogP contribution in [0.25, 0.3) is 0 Å². The standard InChI is InChI=1S/C17H18N2O4S.C2H6/c20-12-13-10-15(18-24(21)22)17(23-14-6-2-1-3-7-14)16(11-13)19-8-4-5-9-19;1-2/h1-3,6-7,10-12,18H,4-5,8-9H2,(H,21,22);1-2H3/p-1. The molecule has 1 saturated heterocycles. The number of para-hydroxylation sites is 1. The average Bonchev–Trinajstić information content (AvgIpc) is 3.19. The van der Waals surface area contributed by atoms with Gasteiger partial charge >= 0.3 is 0 Å². The number of hydrogen-bond acceptors (Lipinski definition) is 5. The minimum Gasteiger partial charge on any atom is -0.755 e. The number of ether oxygens (including phenoxy) is 1. The fourth-order valence-corrected chi connectivity index (χ4v) is 3.11. The van der Waals surface area contributed by atoms with E-state index in [2.05, 4.69) is 9.62 Å². The Balaban J connectivity index is 0.00000117. The molecule has 6 nitrogen and oxygen atoms in total. The minimum atomic E-state index is -2.52. The van der Waals surface area contributed by atoms with E-state index in [1.165, 1.54) is 6.07 Å². The molecule has 1 fully saturated rings. The first kappa shape index (κ1) is 19.9. The number of anilines is 2. The van der Waals surface area contributed by atoms with E-state index in [0.29, 0.717) is 29.0 Å². The summed E-state index contributed by atoms with van der Waals surface area (Å²) in [6.45, 7) is 5.68. The number of rotatable bonds is 6. The smallest absolute Gasteiger partial charge is 0.174 e. The third-order valence-electron chi connectivity index (χ3n) is 3.83. The largest absolute Gasteiger partial charge is 0.755 e. The molecule has 0 aliphatic carbocycles. The van der Waals surface area contributed by atoms with E-state index in [0.717, 1.165) is 25.9 Å². The number of nitrogens with one attached hydrogen (secondary N) is 1. The summed E-state index contributed by atoms with van der Waals surface area (Å²) in [7, 11) is 0. The van der Waals surface area contributed by atoms with Crippen molar-refractivity contribution in [3.8, 4) is 11.5 Å². The van der Waals surface area contributed by atoms with Gasteiger partial charge in [0.2, 0.25) is 0 Å². The van der Waals surface area contributed by atoms with Crippen molar-refractivity contribution in [1.82, 2.24) is 0 Å². The highest BCUT2D eigenvalue weighted by molar-refractivity contribution is 7.80. The molecule has 7 heteroatoms. The third kappa shape index (κ3) is 5.06. The van der Waals surface area contributed by atoms with E-state index in [1.807, 2.05) is 32.0 Å². The number of nitrogens with zero attached hydrogens (tertiary/aromatic N) is 1. The second kappa shape index (κ2) is 9.94. The zero-order valence-electron chi connectivity index (χ0n) is 14.9.